The van der Waals surface area contributed by atoms with Gasteiger partial charge in [0.15, 0.2) is 0 Å². The average Bonchev–Trinajstić information content (AvgIpc) is 3.01. The van der Waals surface area contributed by atoms with Gasteiger partial charge in [0.2, 0.25) is 5.91 Å². The number of aromatic nitrogens is 2. The van der Waals surface area contributed by atoms with E-state index in [1.165, 1.54) is 6.07 Å². The monoisotopic (exact) mass is 302 g/mol. The third-order valence-electron chi connectivity index (χ3n) is 3.92. The molecule has 0 radical (unpaired) electrons. The molecule has 22 heavy (non-hydrogen) atoms. The highest BCUT2D eigenvalue weighted by Gasteiger charge is 2.21. The first-order chi connectivity index (χ1) is 10.7. The number of nitrogens with one attached hydrogen (secondary N) is 1. The van der Waals surface area contributed by atoms with Crippen molar-refractivity contribution in [3.05, 3.63) is 53.9 Å². The molecular formula is C16H19FN4O. The summed E-state index contributed by atoms with van der Waals surface area (Å²) in [7, 11) is 0. The van der Waals surface area contributed by atoms with Crippen LogP contribution in [0.3, 0.4) is 0 Å². The Balaban J connectivity index is 1.49. The number of aromatic amines is 1. The molecule has 1 aliphatic heterocycles. The van der Waals surface area contributed by atoms with E-state index in [1.54, 1.807) is 24.7 Å². The normalized spacial score (nSPS) is 16.0. The number of benzene rings is 1. The number of piperazine rings is 1. The summed E-state index contributed by atoms with van der Waals surface area (Å²) in [5.41, 5.74) is 1.81. The van der Waals surface area contributed by atoms with Gasteiger partial charge in [0.25, 0.3) is 0 Å². The van der Waals surface area contributed by atoms with Crippen molar-refractivity contribution in [2.45, 2.75) is 13.0 Å². The van der Waals surface area contributed by atoms with Crippen LogP contribution in [0.15, 0.2) is 36.8 Å². The van der Waals surface area contributed by atoms with Crippen molar-refractivity contribution in [2.75, 3.05) is 26.2 Å². The molecule has 0 atom stereocenters. The zero-order chi connectivity index (χ0) is 15.4. The van der Waals surface area contributed by atoms with Crippen molar-refractivity contribution < 1.29 is 9.18 Å². The summed E-state index contributed by atoms with van der Waals surface area (Å²) in [6.07, 6.45) is 3.63. The number of halogens is 1. The minimum absolute atomic E-state index is 0.120. The molecule has 0 aliphatic carbocycles. The van der Waals surface area contributed by atoms with E-state index in [9.17, 15) is 9.18 Å². The second-order valence-corrected chi connectivity index (χ2v) is 5.54. The molecule has 5 nitrogen and oxygen atoms in total. The molecule has 1 saturated heterocycles. The lowest BCUT2D eigenvalue weighted by molar-refractivity contribution is -0.132. The number of hydrogen-bond donors (Lipinski definition) is 1. The molecule has 0 saturated carbocycles. The molecule has 6 heteroatoms. The zero-order valence-electron chi connectivity index (χ0n) is 12.3. The largest absolute Gasteiger partial charge is 0.348 e. The smallest absolute Gasteiger partial charge is 0.228 e. The van der Waals surface area contributed by atoms with Gasteiger partial charge in [-0.1, -0.05) is 12.1 Å². The van der Waals surface area contributed by atoms with Crippen LogP contribution in [0.2, 0.25) is 0 Å². The summed E-state index contributed by atoms with van der Waals surface area (Å²) in [6.45, 7) is 3.77. The van der Waals surface area contributed by atoms with Crippen LogP contribution in [0.4, 0.5) is 4.39 Å². The highest BCUT2D eigenvalue weighted by Crippen LogP contribution is 2.11. The topological polar surface area (TPSA) is 52.2 Å². The van der Waals surface area contributed by atoms with Crippen molar-refractivity contribution in [2.24, 2.45) is 0 Å². The first-order valence-corrected chi connectivity index (χ1v) is 7.42. The van der Waals surface area contributed by atoms with Crippen LogP contribution < -0.4 is 0 Å². The van der Waals surface area contributed by atoms with Gasteiger partial charge in [0, 0.05) is 44.6 Å². The molecule has 1 amide bonds. The fourth-order valence-electron chi connectivity index (χ4n) is 2.70. The number of amides is 1. The maximum absolute atomic E-state index is 13.2. The molecule has 2 heterocycles. The van der Waals surface area contributed by atoms with Crippen LogP contribution in [0.25, 0.3) is 0 Å². The highest BCUT2D eigenvalue weighted by atomic mass is 19.1. The molecule has 1 aromatic carbocycles. The second kappa shape index (κ2) is 6.70. The average molecular weight is 302 g/mol. The molecule has 1 fully saturated rings. The molecular weight excluding hydrogens is 283 g/mol. The van der Waals surface area contributed by atoms with Gasteiger partial charge < -0.3 is 9.88 Å². The van der Waals surface area contributed by atoms with E-state index in [1.807, 2.05) is 11.0 Å². The Bertz CT molecular complexity index is 621. The third-order valence-corrected chi connectivity index (χ3v) is 3.92. The van der Waals surface area contributed by atoms with Crippen LogP contribution >= 0.6 is 0 Å². The van der Waals surface area contributed by atoms with Crippen molar-refractivity contribution >= 4 is 5.91 Å². The van der Waals surface area contributed by atoms with Gasteiger partial charge in [0.1, 0.15) is 5.82 Å². The van der Waals surface area contributed by atoms with E-state index in [4.69, 9.17) is 0 Å². The van der Waals surface area contributed by atoms with Crippen LogP contribution in [0, 0.1) is 5.82 Å². The van der Waals surface area contributed by atoms with Crippen molar-refractivity contribution in [3.63, 3.8) is 0 Å². The fourth-order valence-corrected chi connectivity index (χ4v) is 2.70. The molecule has 116 valence electrons. The summed E-state index contributed by atoms with van der Waals surface area (Å²) in [6, 6.07) is 6.68. The Kier molecular flexibility index (Phi) is 4.48. The van der Waals surface area contributed by atoms with Gasteiger partial charge in [-0.25, -0.2) is 9.37 Å². The van der Waals surface area contributed by atoms with E-state index in [2.05, 4.69) is 14.9 Å². The summed E-state index contributed by atoms with van der Waals surface area (Å²) in [4.78, 5) is 23.2. The number of nitrogens with zero attached hydrogens (tertiary/aromatic N) is 3. The lowest BCUT2D eigenvalue weighted by Gasteiger charge is -2.34. The lowest BCUT2D eigenvalue weighted by atomic mass is 10.2. The Morgan fingerprint density at radius 1 is 1.27 bits per heavy atom. The van der Waals surface area contributed by atoms with Crippen molar-refractivity contribution in [1.82, 2.24) is 19.8 Å². The third kappa shape index (κ3) is 3.71. The predicted octanol–water partition coefficient (Wildman–Crippen LogP) is 1.44. The summed E-state index contributed by atoms with van der Waals surface area (Å²) < 4.78 is 13.2. The van der Waals surface area contributed by atoms with Crippen LogP contribution in [0.5, 0.6) is 0 Å². The number of carbonyl (C=O) groups excluding carboxylic acids is 1. The van der Waals surface area contributed by atoms with Gasteiger partial charge in [-0.3, -0.25) is 9.69 Å². The summed E-state index contributed by atoms with van der Waals surface area (Å²) >= 11 is 0. The molecule has 1 aromatic heterocycles. The standard InChI is InChI=1S/C16H19FN4O/c17-14-3-1-2-13(8-14)11-20-4-6-21(7-5-20)16(22)9-15-10-18-12-19-15/h1-3,8,10,12H,4-7,9,11H2,(H,18,19). The van der Waals surface area contributed by atoms with E-state index in [0.717, 1.165) is 30.9 Å². The number of imidazole rings is 1. The zero-order valence-corrected chi connectivity index (χ0v) is 12.3. The molecule has 3 rings (SSSR count). The molecule has 0 unspecified atom stereocenters. The van der Waals surface area contributed by atoms with E-state index in [0.29, 0.717) is 19.5 Å². The molecule has 2 aromatic rings. The van der Waals surface area contributed by atoms with Crippen molar-refractivity contribution in [1.29, 1.82) is 0 Å². The summed E-state index contributed by atoms with van der Waals surface area (Å²) in [5, 5.41) is 0. The van der Waals surface area contributed by atoms with Gasteiger partial charge in [-0.2, -0.15) is 0 Å². The van der Waals surface area contributed by atoms with Gasteiger partial charge in [-0.15, -0.1) is 0 Å². The van der Waals surface area contributed by atoms with Crippen LogP contribution in [0.1, 0.15) is 11.3 Å². The van der Waals surface area contributed by atoms with E-state index >= 15 is 0 Å². The van der Waals surface area contributed by atoms with Crippen molar-refractivity contribution in [3.8, 4) is 0 Å². The molecule has 1 N–H and O–H groups in total. The van der Waals surface area contributed by atoms with Crippen LogP contribution in [-0.2, 0) is 17.8 Å². The maximum atomic E-state index is 13.2. The Morgan fingerprint density at radius 2 is 2.09 bits per heavy atom. The quantitative estimate of drug-likeness (QED) is 0.930. The number of hydrogen-bond acceptors (Lipinski definition) is 3. The van der Waals surface area contributed by atoms with Gasteiger partial charge >= 0.3 is 0 Å². The number of carbonyl (C=O) groups is 1. The minimum Gasteiger partial charge on any atom is -0.348 e. The highest BCUT2D eigenvalue weighted by molar-refractivity contribution is 5.78. The first-order valence-electron chi connectivity index (χ1n) is 7.42. The fraction of sp³-hybridized carbons (Fsp3) is 0.375. The SMILES string of the molecule is O=C(Cc1cnc[nH]1)N1CCN(Cc2cccc(F)c2)CC1. The molecule has 1 aliphatic rings. The van der Waals surface area contributed by atoms with Crippen LogP contribution in [-0.4, -0.2) is 51.9 Å². The first kappa shape index (κ1) is 14.7. The number of rotatable bonds is 4. The molecule has 0 spiro atoms. The van der Waals surface area contributed by atoms with E-state index in [-0.39, 0.29) is 11.7 Å². The Morgan fingerprint density at radius 3 is 2.77 bits per heavy atom. The minimum atomic E-state index is -0.203. The second-order valence-electron chi connectivity index (χ2n) is 5.54. The van der Waals surface area contributed by atoms with Gasteiger partial charge in [-0.05, 0) is 17.7 Å². The summed E-state index contributed by atoms with van der Waals surface area (Å²) in [5.74, 6) is -0.0828. The Labute approximate surface area is 128 Å². The molecule has 0 bridgehead atoms. The lowest BCUT2D eigenvalue weighted by Crippen LogP contribution is -2.48. The maximum Gasteiger partial charge on any atom is 0.228 e. The predicted molar refractivity (Wildman–Crippen MR) is 80.5 cm³/mol. The Hall–Kier alpha value is -2.21. The number of H-pyrrole nitrogens is 1. The van der Waals surface area contributed by atoms with Gasteiger partial charge in [0.05, 0.1) is 12.7 Å². The van der Waals surface area contributed by atoms with E-state index < -0.39 is 0 Å².